The lowest BCUT2D eigenvalue weighted by Gasteiger charge is -2.35. The molecule has 0 unspecified atom stereocenters. The van der Waals surface area contributed by atoms with E-state index < -0.39 is 0 Å². The SMILES string of the molecule is Cc1ccc(C(=O)N2C[C@H](C)C[C@@H](C)C2)cc1NCc1ccn[nH]1. The number of benzene rings is 1. The summed E-state index contributed by atoms with van der Waals surface area (Å²) in [4.78, 5) is 14.9. The molecule has 5 nitrogen and oxygen atoms in total. The molecule has 1 saturated heterocycles. The van der Waals surface area contributed by atoms with Crippen molar-refractivity contribution in [3.05, 3.63) is 47.3 Å². The minimum atomic E-state index is 0.137. The summed E-state index contributed by atoms with van der Waals surface area (Å²) in [5, 5.41) is 10.3. The Morgan fingerprint density at radius 1 is 1.29 bits per heavy atom. The van der Waals surface area contributed by atoms with Crippen LogP contribution in [0.15, 0.2) is 30.5 Å². The van der Waals surface area contributed by atoms with E-state index in [0.29, 0.717) is 18.4 Å². The van der Waals surface area contributed by atoms with Gasteiger partial charge in [-0.3, -0.25) is 9.89 Å². The van der Waals surface area contributed by atoms with Crippen molar-refractivity contribution in [1.82, 2.24) is 15.1 Å². The van der Waals surface area contributed by atoms with Crippen LogP contribution in [0.4, 0.5) is 5.69 Å². The van der Waals surface area contributed by atoms with Gasteiger partial charge in [0.25, 0.3) is 5.91 Å². The van der Waals surface area contributed by atoms with E-state index in [0.717, 1.165) is 35.6 Å². The molecule has 1 aromatic heterocycles. The number of likely N-dealkylation sites (tertiary alicyclic amines) is 1. The number of anilines is 1. The Kier molecular flexibility index (Phi) is 4.88. The summed E-state index contributed by atoms with van der Waals surface area (Å²) in [5.74, 6) is 1.28. The van der Waals surface area contributed by atoms with Crippen LogP contribution in [0.3, 0.4) is 0 Å². The molecule has 1 aliphatic rings. The van der Waals surface area contributed by atoms with Crippen LogP contribution >= 0.6 is 0 Å². The average Bonchev–Trinajstić information content (AvgIpc) is 3.06. The number of carbonyl (C=O) groups is 1. The Morgan fingerprint density at radius 2 is 2.04 bits per heavy atom. The van der Waals surface area contributed by atoms with Crippen molar-refractivity contribution in [2.45, 2.75) is 33.7 Å². The summed E-state index contributed by atoms with van der Waals surface area (Å²) < 4.78 is 0. The number of aromatic amines is 1. The molecular weight excluding hydrogens is 300 g/mol. The standard InChI is InChI=1S/C19H26N4O/c1-13-8-14(2)12-23(11-13)19(24)16-5-4-15(3)18(9-16)20-10-17-6-7-21-22-17/h4-7,9,13-14,20H,8,10-12H2,1-3H3,(H,21,22)/t13-,14-/m1/s1. The van der Waals surface area contributed by atoms with Gasteiger partial charge in [-0.1, -0.05) is 19.9 Å². The number of aromatic nitrogens is 2. The number of piperidine rings is 1. The van der Waals surface area contributed by atoms with Gasteiger partial charge in [-0.2, -0.15) is 5.10 Å². The first kappa shape index (κ1) is 16.6. The molecule has 2 atom stereocenters. The van der Waals surface area contributed by atoms with Gasteiger partial charge in [-0.25, -0.2) is 0 Å². The third kappa shape index (κ3) is 3.78. The molecule has 2 N–H and O–H groups in total. The number of carbonyl (C=O) groups excluding carboxylic acids is 1. The van der Waals surface area contributed by atoms with E-state index in [1.54, 1.807) is 6.20 Å². The fourth-order valence-electron chi connectivity index (χ4n) is 3.53. The predicted octanol–water partition coefficient (Wildman–Crippen LogP) is 3.45. The summed E-state index contributed by atoms with van der Waals surface area (Å²) in [7, 11) is 0. The molecule has 0 spiro atoms. The molecule has 0 bridgehead atoms. The van der Waals surface area contributed by atoms with E-state index in [1.807, 2.05) is 29.2 Å². The molecule has 1 fully saturated rings. The average molecular weight is 326 g/mol. The van der Waals surface area contributed by atoms with Gasteiger partial charge in [0.1, 0.15) is 0 Å². The van der Waals surface area contributed by atoms with Crippen LogP contribution in [-0.4, -0.2) is 34.1 Å². The van der Waals surface area contributed by atoms with Crippen molar-refractivity contribution < 1.29 is 4.79 Å². The Bertz CT molecular complexity index is 685. The zero-order valence-electron chi connectivity index (χ0n) is 14.7. The summed E-state index contributed by atoms with van der Waals surface area (Å²) in [5.41, 5.74) is 3.90. The first-order valence-electron chi connectivity index (χ1n) is 8.65. The maximum atomic E-state index is 12.9. The molecule has 3 rings (SSSR count). The van der Waals surface area contributed by atoms with Crippen molar-refractivity contribution >= 4 is 11.6 Å². The van der Waals surface area contributed by atoms with Crippen LogP contribution in [0.5, 0.6) is 0 Å². The summed E-state index contributed by atoms with van der Waals surface area (Å²) >= 11 is 0. The quantitative estimate of drug-likeness (QED) is 0.904. The maximum absolute atomic E-state index is 12.9. The molecule has 24 heavy (non-hydrogen) atoms. The lowest BCUT2D eigenvalue weighted by molar-refractivity contribution is 0.0623. The molecule has 128 valence electrons. The minimum absolute atomic E-state index is 0.137. The van der Waals surface area contributed by atoms with Gasteiger partial charge in [0.2, 0.25) is 0 Å². The fraction of sp³-hybridized carbons (Fsp3) is 0.474. The smallest absolute Gasteiger partial charge is 0.253 e. The van der Waals surface area contributed by atoms with Crippen LogP contribution in [0.1, 0.15) is 41.9 Å². The van der Waals surface area contributed by atoms with E-state index in [1.165, 1.54) is 6.42 Å². The Hall–Kier alpha value is -2.30. The number of hydrogen-bond donors (Lipinski definition) is 2. The van der Waals surface area contributed by atoms with Crippen molar-refractivity contribution in [3.63, 3.8) is 0 Å². The summed E-state index contributed by atoms with van der Waals surface area (Å²) in [6.45, 7) is 8.87. The van der Waals surface area contributed by atoms with E-state index in [4.69, 9.17) is 0 Å². The van der Waals surface area contributed by atoms with Crippen LogP contribution < -0.4 is 5.32 Å². The summed E-state index contributed by atoms with van der Waals surface area (Å²) in [6.07, 6.45) is 2.94. The van der Waals surface area contributed by atoms with Gasteiger partial charge in [0.15, 0.2) is 0 Å². The minimum Gasteiger partial charge on any atom is -0.379 e. The van der Waals surface area contributed by atoms with Gasteiger partial charge in [0, 0.05) is 30.5 Å². The molecule has 1 amide bonds. The number of nitrogens with one attached hydrogen (secondary N) is 2. The lowest BCUT2D eigenvalue weighted by Crippen LogP contribution is -2.42. The van der Waals surface area contributed by atoms with Crippen molar-refractivity contribution in [2.75, 3.05) is 18.4 Å². The number of rotatable bonds is 4. The largest absolute Gasteiger partial charge is 0.379 e. The highest BCUT2D eigenvalue weighted by atomic mass is 16.2. The topological polar surface area (TPSA) is 61.0 Å². The van der Waals surface area contributed by atoms with Crippen LogP contribution in [0, 0.1) is 18.8 Å². The highest BCUT2D eigenvalue weighted by molar-refractivity contribution is 5.95. The molecule has 0 saturated carbocycles. The highest BCUT2D eigenvalue weighted by Gasteiger charge is 2.26. The number of amides is 1. The fourth-order valence-corrected chi connectivity index (χ4v) is 3.53. The Morgan fingerprint density at radius 3 is 2.71 bits per heavy atom. The second kappa shape index (κ2) is 7.07. The van der Waals surface area contributed by atoms with E-state index in [2.05, 4.69) is 36.3 Å². The molecule has 2 aromatic rings. The van der Waals surface area contributed by atoms with Gasteiger partial charge >= 0.3 is 0 Å². The molecule has 0 radical (unpaired) electrons. The van der Waals surface area contributed by atoms with Gasteiger partial charge in [-0.15, -0.1) is 0 Å². The number of nitrogens with zero attached hydrogens (tertiary/aromatic N) is 2. The monoisotopic (exact) mass is 326 g/mol. The van der Waals surface area contributed by atoms with Gasteiger partial charge < -0.3 is 10.2 Å². The predicted molar refractivity (Wildman–Crippen MR) is 95.9 cm³/mol. The first-order valence-corrected chi connectivity index (χ1v) is 8.65. The van der Waals surface area contributed by atoms with Crippen molar-refractivity contribution in [3.8, 4) is 0 Å². The van der Waals surface area contributed by atoms with E-state index in [-0.39, 0.29) is 5.91 Å². The van der Waals surface area contributed by atoms with Crippen molar-refractivity contribution in [2.24, 2.45) is 11.8 Å². The second-order valence-corrected chi connectivity index (χ2v) is 7.12. The third-order valence-corrected chi connectivity index (χ3v) is 4.67. The van der Waals surface area contributed by atoms with E-state index in [9.17, 15) is 4.79 Å². The van der Waals surface area contributed by atoms with Gasteiger partial charge in [0.05, 0.1) is 12.2 Å². The molecule has 2 heterocycles. The zero-order valence-corrected chi connectivity index (χ0v) is 14.7. The van der Waals surface area contributed by atoms with Crippen LogP contribution in [0.25, 0.3) is 0 Å². The number of hydrogen-bond acceptors (Lipinski definition) is 3. The molecule has 0 aliphatic carbocycles. The molecule has 1 aliphatic heterocycles. The number of H-pyrrole nitrogens is 1. The van der Waals surface area contributed by atoms with Crippen molar-refractivity contribution in [1.29, 1.82) is 0 Å². The van der Waals surface area contributed by atoms with Crippen LogP contribution in [-0.2, 0) is 6.54 Å². The highest BCUT2D eigenvalue weighted by Crippen LogP contribution is 2.24. The zero-order chi connectivity index (χ0) is 17.1. The van der Waals surface area contributed by atoms with Gasteiger partial charge in [-0.05, 0) is 48.9 Å². The second-order valence-electron chi connectivity index (χ2n) is 7.12. The maximum Gasteiger partial charge on any atom is 0.253 e. The number of aryl methyl sites for hydroxylation is 1. The van der Waals surface area contributed by atoms with E-state index >= 15 is 0 Å². The summed E-state index contributed by atoms with van der Waals surface area (Å²) in [6, 6.07) is 7.86. The molecule has 1 aromatic carbocycles. The Balaban J connectivity index is 1.73. The third-order valence-electron chi connectivity index (χ3n) is 4.67. The Labute approximate surface area is 143 Å². The van der Waals surface area contributed by atoms with Crippen LogP contribution in [0.2, 0.25) is 0 Å². The lowest BCUT2D eigenvalue weighted by atomic mass is 9.91. The molecule has 5 heteroatoms. The normalized spacial score (nSPS) is 20.9. The first-order chi connectivity index (χ1) is 11.5. The molecular formula is C19H26N4O.